The van der Waals surface area contributed by atoms with Crippen molar-refractivity contribution in [2.75, 3.05) is 0 Å². The largest absolute Gasteiger partial charge is 0.411 e. The summed E-state index contributed by atoms with van der Waals surface area (Å²) in [5, 5.41) is 11.5. The fraction of sp³-hybridized carbons (Fsp3) is 0.500. The molecular weight excluding hydrogens is 296 g/mol. The SMILES string of the molecule is CC[C@H](C)[C@@H](/C=N\O)NS(=O)(=O)c1ccc(Cl)s1. The molecule has 2 N–H and O–H groups in total. The molecule has 0 amide bonds. The second kappa shape index (κ2) is 6.51. The van der Waals surface area contributed by atoms with Gasteiger partial charge < -0.3 is 5.21 Å². The van der Waals surface area contributed by atoms with Crippen LogP contribution in [0.2, 0.25) is 4.34 Å². The lowest BCUT2D eigenvalue weighted by atomic mass is 10.0. The standard InChI is InChI=1S/C10H15ClN2O3S2/c1-3-7(2)8(6-12-14)13-18(15,16)10-5-4-9(11)17-10/h4-8,13-14H,3H2,1-2H3/b12-6-/t7-,8+/m0/s1. The number of hydrogen-bond donors (Lipinski definition) is 2. The maximum Gasteiger partial charge on any atom is 0.250 e. The average molecular weight is 311 g/mol. The van der Waals surface area contributed by atoms with Crippen LogP contribution in [0, 0.1) is 5.92 Å². The van der Waals surface area contributed by atoms with E-state index in [2.05, 4.69) is 9.88 Å². The lowest BCUT2D eigenvalue weighted by Gasteiger charge is -2.19. The van der Waals surface area contributed by atoms with Gasteiger partial charge in [0.05, 0.1) is 16.6 Å². The Bertz CT molecular complexity index is 513. The third-order valence-electron chi connectivity index (χ3n) is 2.59. The van der Waals surface area contributed by atoms with E-state index in [-0.39, 0.29) is 10.1 Å². The summed E-state index contributed by atoms with van der Waals surface area (Å²) in [6, 6.07) is 2.42. The highest BCUT2D eigenvalue weighted by molar-refractivity contribution is 7.91. The Labute approximate surface area is 116 Å². The molecule has 0 aromatic carbocycles. The van der Waals surface area contributed by atoms with E-state index in [1.54, 1.807) is 0 Å². The van der Waals surface area contributed by atoms with Crippen molar-refractivity contribution in [3.63, 3.8) is 0 Å². The van der Waals surface area contributed by atoms with Crippen LogP contribution in [-0.4, -0.2) is 25.9 Å². The molecule has 1 heterocycles. The molecule has 0 bridgehead atoms. The molecule has 0 fully saturated rings. The highest BCUT2D eigenvalue weighted by Gasteiger charge is 2.24. The van der Waals surface area contributed by atoms with Crippen molar-refractivity contribution in [3.05, 3.63) is 16.5 Å². The number of hydrogen-bond acceptors (Lipinski definition) is 5. The van der Waals surface area contributed by atoms with Crippen LogP contribution in [0.5, 0.6) is 0 Å². The molecular formula is C10H15ClN2O3S2. The van der Waals surface area contributed by atoms with Gasteiger partial charge in [-0.25, -0.2) is 13.1 Å². The average Bonchev–Trinajstić information content (AvgIpc) is 2.75. The zero-order valence-corrected chi connectivity index (χ0v) is 12.4. The Balaban J connectivity index is 2.92. The van der Waals surface area contributed by atoms with Crippen molar-refractivity contribution in [2.24, 2.45) is 11.1 Å². The number of nitrogens with zero attached hydrogens (tertiary/aromatic N) is 1. The Morgan fingerprint density at radius 2 is 2.28 bits per heavy atom. The van der Waals surface area contributed by atoms with Gasteiger partial charge in [0.1, 0.15) is 4.21 Å². The van der Waals surface area contributed by atoms with E-state index in [1.165, 1.54) is 18.3 Å². The number of oxime groups is 1. The minimum Gasteiger partial charge on any atom is -0.411 e. The van der Waals surface area contributed by atoms with Crippen molar-refractivity contribution in [1.82, 2.24) is 4.72 Å². The monoisotopic (exact) mass is 310 g/mol. The maximum absolute atomic E-state index is 12.0. The minimum absolute atomic E-state index is 0.0195. The van der Waals surface area contributed by atoms with Crippen LogP contribution in [0.1, 0.15) is 20.3 Å². The van der Waals surface area contributed by atoms with Gasteiger partial charge in [-0.05, 0) is 18.1 Å². The highest BCUT2D eigenvalue weighted by atomic mass is 35.5. The molecule has 0 radical (unpaired) electrons. The van der Waals surface area contributed by atoms with Crippen molar-refractivity contribution in [2.45, 2.75) is 30.5 Å². The van der Waals surface area contributed by atoms with Crippen molar-refractivity contribution >= 4 is 39.2 Å². The van der Waals surface area contributed by atoms with E-state index >= 15 is 0 Å². The highest BCUT2D eigenvalue weighted by Crippen LogP contribution is 2.25. The van der Waals surface area contributed by atoms with Crippen molar-refractivity contribution < 1.29 is 13.6 Å². The summed E-state index contributed by atoms with van der Waals surface area (Å²) in [5.74, 6) is 0.0195. The fourth-order valence-corrected chi connectivity index (χ4v) is 4.08. The van der Waals surface area contributed by atoms with Gasteiger partial charge in [0.15, 0.2) is 0 Å². The number of sulfonamides is 1. The van der Waals surface area contributed by atoms with Gasteiger partial charge in [0.25, 0.3) is 10.0 Å². The molecule has 5 nitrogen and oxygen atoms in total. The van der Waals surface area contributed by atoms with Crippen LogP contribution in [0.4, 0.5) is 0 Å². The summed E-state index contributed by atoms with van der Waals surface area (Å²) in [5.41, 5.74) is 0. The molecule has 1 rings (SSSR count). The van der Waals surface area contributed by atoms with E-state index in [9.17, 15) is 8.42 Å². The Morgan fingerprint density at radius 1 is 1.61 bits per heavy atom. The smallest absolute Gasteiger partial charge is 0.250 e. The maximum atomic E-state index is 12.0. The first-order chi connectivity index (χ1) is 8.40. The van der Waals surface area contributed by atoms with E-state index < -0.39 is 16.1 Å². The molecule has 0 saturated carbocycles. The zero-order valence-electron chi connectivity index (χ0n) is 10.00. The first kappa shape index (κ1) is 15.4. The molecule has 18 heavy (non-hydrogen) atoms. The Hall–Kier alpha value is -0.630. The van der Waals surface area contributed by atoms with E-state index in [0.29, 0.717) is 4.34 Å². The molecule has 0 aliphatic carbocycles. The number of nitrogens with one attached hydrogen (secondary N) is 1. The van der Waals surface area contributed by atoms with Crippen LogP contribution in [0.25, 0.3) is 0 Å². The quantitative estimate of drug-likeness (QED) is 0.481. The summed E-state index contributed by atoms with van der Waals surface area (Å²) < 4.78 is 27.1. The predicted molar refractivity (Wildman–Crippen MR) is 73.2 cm³/mol. The van der Waals surface area contributed by atoms with Gasteiger partial charge in [-0.15, -0.1) is 16.5 Å². The summed E-state index contributed by atoms with van der Waals surface area (Å²) in [4.78, 5) is 0. The van der Waals surface area contributed by atoms with E-state index in [4.69, 9.17) is 16.8 Å². The first-order valence-corrected chi connectivity index (χ1v) is 8.03. The number of halogens is 1. The predicted octanol–water partition coefficient (Wildman–Crippen LogP) is 2.55. The molecule has 102 valence electrons. The van der Waals surface area contributed by atoms with Gasteiger partial charge in [-0.2, -0.15) is 0 Å². The van der Waals surface area contributed by atoms with Crippen LogP contribution >= 0.6 is 22.9 Å². The van der Waals surface area contributed by atoms with Gasteiger partial charge in [0, 0.05) is 0 Å². The summed E-state index contributed by atoms with van der Waals surface area (Å²) >= 11 is 6.70. The summed E-state index contributed by atoms with van der Waals surface area (Å²) in [6.07, 6.45) is 1.94. The molecule has 0 spiro atoms. The molecule has 1 aromatic heterocycles. The van der Waals surface area contributed by atoms with E-state index in [0.717, 1.165) is 17.8 Å². The van der Waals surface area contributed by atoms with Crippen molar-refractivity contribution in [3.8, 4) is 0 Å². The van der Waals surface area contributed by atoms with Crippen LogP contribution in [-0.2, 0) is 10.0 Å². The summed E-state index contributed by atoms with van der Waals surface area (Å²) in [6.45, 7) is 3.80. The second-order valence-corrected chi connectivity index (χ2v) is 7.51. The number of thiophene rings is 1. The topological polar surface area (TPSA) is 78.8 Å². The van der Waals surface area contributed by atoms with Gasteiger partial charge in [-0.3, -0.25) is 0 Å². The Morgan fingerprint density at radius 3 is 2.72 bits per heavy atom. The minimum atomic E-state index is -3.63. The summed E-state index contributed by atoms with van der Waals surface area (Å²) in [7, 11) is -3.63. The molecule has 0 aliphatic heterocycles. The van der Waals surface area contributed by atoms with Gasteiger partial charge in [0.2, 0.25) is 0 Å². The van der Waals surface area contributed by atoms with Crippen molar-refractivity contribution in [1.29, 1.82) is 0 Å². The fourth-order valence-electron chi connectivity index (χ4n) is 1.30. The number of rotatable bonds is 6. The molecule has 8 heteroatoms. The normalized spacial score (nSPS) is 15.9. The lowest BCUT2D eigenvalue weighted by Crippen LogP contribution is -2.40. The van der Waals surface area contributed by atoms with Crippen LogP contribution < -0.4 is 4.72 Å². The van der Waals surface area contributed by atoms with E-state index in [1.807, 2.05) is 13.8 Å². The first-order valence-electron chi connectivity index (χ1n) is 5.36. The lowest BCUT2D eigenvalue weighted by molar-refractivity contribution is 0.317. The molecule has 0 aliphatic rings. The molecule has 2 atom stereocenters. The third kappa shape index (κ3) is 3.94. The van der Waals surface area contributed by atoms with Crippen LogP contribution in [0.15, 0.2) is 21.5 Å². The second-order valence-electron chi connectivity index (χ2n) is 3.86. The van der Waals surface area contributed by atoms with Gasteiger partial charge >= 0.3 is 0 Å². The molecule has 0 unspecified atom stereocenters. The third-order valence-corrected chi connectivity index (χ3v) is 5.77. The molecule has 1 aromatic rings. The van der Waals surface area contributed by atoms with Gasteiger partial charge in [-0.1, -0.05) is 31.9 Å². The van der Waals surface area contributed by atoms with Crippen LogP contribution in [0.3, 0.4) is 0 Å². The zero-order chi connectivity index (χ0) is 13.8. The molecule has 0 saturated heterocycles. The Kier molecular flexibility index (Phi) is 5.58.